The topological polar surface area (TPSA) is 57.5 Å². The van der Waals surface area contributed by atoms with Crippen LogP contribution in [0.15, 0.2) is 12.2 Å². The molecule has 0 heterocycles. The van der Waals surface area contributed by atoms with E-state index in [2.05, 4.69) is 19.1 Å². The van der Waals surface area contributed by atoms with Gasteiger partial charge in [-0.25, -0.2) is 0 Å². The van der Waals surface area contributed by atoms with Crippen molar-refractivity contribution < 1.29 is 15.0 Å². The first kappa shape index (κ1) is 28.2. The molecule has 0 aromatic rings. The molecule has 0 amide bonds. The van der Waals surface area contributed by atoms with Gasteiger partial charge in [-0.1, -0.05) is 115 Å². The fraction of sp³-hybridized carbons (Fsp3) is 0.885. The van der Waals surface area contributed by atoms with E-state index >= 15 is 0 Å². The SMILES string of the molecule is CCCCCCCC/C=C\CCCCCCCCCCCCCC(O)CC(=O)O. The Morgan fingerprint density at radius 3 is 1.45 bits per heavy atom. The molecule has 0 saturated carbocycles. The number of aliphatic carboxylic acids is 1. The molecule has 3 heteroatoms. The van der Waals surface area contributed by atoms with Crippen molar-refractivity contribution in [3.05, 3.63) is 12.2 Å². The first-order valence-corrected chi connectivity index (χ1v) is 12.7. The maximum Gasteiger partial charge on any atom is 0.305 e. The lowest BCUT2D eigenvalue weighted by Gasteiger charge is -2.07. The third-order valence-electron chi connectivity index (χ3n) is 5.71. The number of allylic oxidation sites excluding steroid dienone is 2. The maximum atomic E-state index is 10.5. The second-order valence-electron chi connectivity index (χ2n) is 8.75. The molecule has 0 fully saturated rings. The van der Waals surface area contributed by atoms with Gasteiger partial charge in [0.1, 0.15) is 0 Å². The lowest BCUT2D eigenvalue weighted by atomic mass is 10.0. The molecule has 0 spiro atoms. The summed E-state index contributed by atoms with van der Waals surface area (Å²) in [6, 6.07) is 0. The third kappa shape index (κ3) is 25.1. The summed E-state index contributed by atoms with van der Waals surface area (Å²) in [5, 5.41) is 18.1. The van der Waals surface area contributed by atoms with E-state index in [-0.39, 0.29) is 6.42 Å². The first-order valence-electron chi connectivity index (χ1n) is 12.7. The van der Waals surface area contributed by atoms with E-state index in [9.17, 15) is 9.90 Å². The number of aliphatic hydroxyl groups excluding tert-OH is 1. The van der Waals surface area contributed by atoms with Crippen molar-refractivity contribution in [3.63, 3.8) is 0 Å². The zero-order chi connectivity index (χ0) is 21.4. The lowest BCUT2D eigenvalue weighted by Crippen LogP contribution is -2.12. The van der Waals surface area contributed by atoms with E-state index in [0.717, 1.165) is 12.8 Å². The van der Waals surface area contributed by atoms with Crippen molar-refractivity contribution in [1.29, 1.82) is 0 Å². The van der Waals surface area contributed by atoms with Crippen LogP contribution in [0, 0.1) is 0 Å². The maximum absolute atomic E-state index is 10.5. The highest BCUT2D eigenvalue weighted by atomic mass is 16.4. The van der Waals surface area contributed by atoms with E-state index in [4.69, 9.17) is 5.11 Å². The number of aliphatic hydroxyl groups is 1. The van der Waals surface area contributed by atoms with Gasteiger partial charge in [-0.15, -0.1) is 0 Å². The van der Waals surface area contributed by atoms with E-state index < -0.39 is 12.1 Å². The van der Waals surface area contributed by atoms with Crippen LogP contribution >= 0.6 is 0 Å². The summed E-state index contributed by atoms with van der Waals surface area (Å²) >= 11 is 0. The monoisotopic (exact) mass is 410 g/mol. The fourth-order valence-corrected chi connectivity index (χ4v) is 3.81. The molecule has 0 saturated heterocycles. The molecule has 0 bridgehead atoms. The molecule has 3 nitrogen and oxygen atoms in total. The highest BCUT2D eigenvalue weighted by Gasteiger charge is 2.08. The average Bonchev–Trinajstić information content (AvgIpc) is 2.68. The molecule has 0 aromatic carbocycles. The Bertz CT molecular complexity index is 365. The van der Waals surface area contributed by atoms with Crippen LogP contribution in [0.25, 0.3) is 0 Å². The number of unbranched alkanes of at least 4 members (excludes halogenated alkanes) is 17. The smallest absolute Gasteiger partial charge is 0.305 e. The summed E-state index contributed by atoms with van der Waals surface area (Å²) in [6.45, 7) is 2.27. The van der Waals surface area contributed by atoms with Crippen LogP contribution < -0.4 is 0 Å². The predicted molar refractivity (Wildman–Crippen MR) is 125 cm³/mol. The molecular formula is C26H50O3. The van der Waals surface area contributed by atoms with E-state index in [0.29, 0.717) is 6.42 Å². The number of carbonyl (C=O) groups is 1. The van der Waals surface area contributed by atoms with Crippen LogP contribution in [-0.2, 0) is 4.79 Å². The molecular weight excluding hydrogens is 360 g/mol. The van der Waals surface area contributed by atoms with E-state index in [1.165, 1.54) is 109 Å². The van der Waals surface area contributed by atoms with Gasteiger partial charge < -0.3 is 10.2 Å². The number of rotatable bonds is 23. The second kappa shape index (κ2) is 23.4. The molecule has 1 atom stereocenters. The van der Waals surface area contributed by atoms with Crippen LogP contribution in [0.1, 0.15) is 142 Å². The van der Waals surface area contributed by atoms with Crippen LogP contribution in [0.4, 0.5) is 0 Å². The van der Waals surface area contributed by atoms with Crippen LogP contribution in [0.3, 0.4) is 0 Å². The highest BCUT2D eigenvalue weighted by molar-refractivity contribution is 5.67. The Hall–Kier alpha value is -0.830. The zero-order valence-electron chi connectivity index (χ0n) is 19.4. The van der Waals surface area contributed by atoms with Crippen molar-refractivity contribution in [3.8, 4) is 0 Å². The van der Waals surface area contributed by atoms with E-state index in [1.54, 1.807) is 0 Å². The van der Waals surface area contributed by atoms with Crippen molar-refractivity contribution >= 4 is 5.97 Å². The Morgan fingerprint density at radius 1 is 0.655 bits per heavy atom. The van der Waals surface area contributed by atoms with Gasteiger partial charge in [0.15, 0.2) is 0 Å². The van der Waals surface area contributed by atoms with Crippen molar-refractivity contribution in [1.82, 2.24) is 0 Å². The van der Waals surface area contributed by atoms with Crippen molar-refractivity contribution in [2.75, 3.05) is 0 Å². The summed E-state index contributed by atoms with van der Waals surface area (Å²) in [6.07, 6.45) is 29.6. The van der Waals surface area contributed by atoms with E-state index in [1.807, 2.05) is 0 Å². The standard InChI is InChI=1S/C26H50O3/c1-2-3-4-5-6-7-8-9-10-11-12-13-14-15-16-17-18-19-20-21-22-23-25(27)24-26(28)29/h9-10,25,27H,2-8,11-24H2,1H3,(H,28,29)/b10-9-. The van der Waals surface area contributed by atoms with Crippen LogP contribution in [0.5, 0.6) is 0 Å². The molecule has 172 valence electrons. The fourth-order valence-electron chi connectivity index (χ4n) is 3.81. The van der Waals surface area contributed by atoms with Crippen molar-refractivity contribution in [2.45, 2.75) is 148 Å². The molecule has 0 aliphatic carbocycles. The molecule has 0 aliphatic rings. The second-order valence-corrected chi connectivity index (χ2v) is 8.75. The molecule has 0 aliphatic heterocycles. The largest absolute Gasteiger partial charge is 0.481 e. The van der Waals surface area contributed by atoms with Gasteiger partial charge in [-0.05, 0) is 32.1 Å². The Balaban J connectivity index is 3.13. The number of hydrogen-bond donors (Lipinski definition) is 2. The van der Waals surface area contributed by atoms with Crippen LogP contribution in [0.2, 0.25) is 0 Å². The molecule has 0 rings (SSSR count). The summed E-state index contributed by atoms with van der Waals surface area (Å²) in [5.41, 5.74) is 0. The van der Waals surface area contributed by atoms with Crippen molar-refractivity contribution in [2.24, 2.45) is 0 Å². The Morgan fingerprint density at radius 2 is 1.03 bits per heavy atom. The summed E-state index contributed by atoms with van der Waals surface area (Å²) in [5.74, 6) is -0.905. The number of hydrogen-bond acceptors (Lipinski definition) is 2. The minimum atomic E-state index is -0.905. The summed E-state index contributed by atoms with van der Waals surface area (Å²) < 4.78 is 0. The Kier molecular flexibility index (Phi) is 22.8. The first-order chi connectivity index (χ1) is 14.2. The third-order valence-corrected chi connectivity index (χ3v) is 5.71. The van der Waals surface area contributed by atoms with Gasteiger partial charge in [0.2, 0.25) is 0 Å². The number of carboxylic acid groups (broad SMARTS) is 1. The van der Waals surface area contributed by atoms with Gasteiger partial charge in [0.25, 0.3) is 0 Å². The molecule has 0 aromatic heterocycles. The molecule has 0 radical (unpaired) electrons. The quantitative estimate of drug-likeness (QED) is 0.132. The van der Waals surface area contributed by atoms with Gasteiger partial charge in [0.05, 0.1) is 12.5 Å². The molecule has 29 heavy (non-hydrogen) atoms. The van der Waals surface area contributed by atoms with Gasteiger partial charge in [-0.2, -0.15) is 0 Å². The molecule has 2 N–H and O–H groups in total. The van der Waals surface area contributed by atoms with Gasteiger partial charge >= 0.3 is 5.97 Å². The van der Waals surface area contributed by atoms with Crippen LogP contribution in [-0.4, -0.2) is 22.3 Å². The predicted octanol–water partition coefficient (Wildman–Crippen LogP) is 8.20. The highest BCUT2D eigenvalue weighted by Crippen LogP contribution is 2.14. The number of carboxylic acids is 1. The summed E-state index contributed by atoms with van der Waals surface area (Å²) in [7, 11) is 0. The van der Waals surface area contributed by atoms with Gasteiger partial charge in [-0.3, -0.25) is 4.79 Å². The Labute approximate surface area is 181 Å². The minimum Gasteiger partial charge on any atom is -0.481 e. The summed E-state index contributed by atoms with van der Waals surface area (Å²) in [4.78, 5) is 10.5. The van der Waals surface area contributed by atoms with Gasteiger partial charge in [0, 0.05) is 0 Å². The lowest BCUT2D eigenvalue weighted by molar-refractivity contribution is -0.139. The molecule has 1 unspecified atom stereocenters. The average molecular weight is 411 g/mol. The normalized spacial score (nSPS) is 12.6. The zero-order valence-corrected chi connectivity index (χ0v) is 19.4. The minimum absolute atomic E-state index is 0.116.